The lowest BCUT2D eigenvalue weighted by Crippen LogP contribution is -2.37. The number of halogens is 1. The first-order valence-electron chi connectivity index (χ1n) is 10.9. The normalized spacial score (nSPS) is 14.0. The number of fused-ring (bicyclic) bond motifs is 1. The lowest BCUT2D eigenvalue weighted by molar-refractivity contribution is 0.102. The second-order valence-corrected chi connectivity index (χ2v) is 8.43. The number of amides is 1. The van der Waals surface area contributed by atoms with E-state index in [0.29, 0.717) is 48.2 Å². The van der Waals surface area contributed by atoms with Crippen LogP contribution in [0.5, 0.6) is 0 Å². The van der Waals surface area contributed by atoms with Crippen LogP contribution < -0.4 is 10.2 Å². The maximum Gasteiger partial charge on any atom is 0.256 e. The summed E-state index contributed by atoms with van der Waals surface area (Å²) in [5.41, 5.74) is 5.08. The molecule has 5 rings (SSSR count). The number of aryl methyl sites for hydroxylation is 2. The summed E-state index contributed by atoms with van der Waals surface area (Å²) < 4.78 is 7.20. The van der Waals surface area contributed by atoms with Crippen molar-refractivity contribution in [2.24, 2.45) is 7.05 Å². The molecule has 4 aromatic rings. The van der Waals surface area contributed by atoms with Crippen molar-refractivity contribution in [3.63, 3.8) is 0 Å². The molecule has 0 atom stereocenters. The minimum atomic E-state index is -0.229. The van der Waals surface area contributed by atoms with Gasteiger partial charge in [0.15, 0.2) is 5.65 Å². The topological polar surface area (TPSA) is 72.3 Å². The standard InChI is InChI=1S/C25H24ClN5O2/c1-16-22-18(15-21(17-7-4-3-5-8-17)27-24(22)30(2)29-16)25(32)28-20-10-6-9-19(26)23(20)31-11-13-33-14-12-31/h3-10,15H,11-14H2,1-2H3,(H,28,32). The molecule has 0 unspecified atom stereocenters. The number of nitrogens with one attached hydrogen (secondary N) is 1. The van der Waals surface area contributed by atoms with E-state index in [1.165, 1.54) is 0 Å². The number of hydrogen-bond acceptors (Lipinski definition) is 5. The molecule has 3 heterocycles. The Kier molecular flexibility index (Phi) is 5.74. The first kappa shape index (κ1) is 21.4. The van der Waals surface area contributed by atoms with E-state index in [9.17, 15) is 4.79 Å². The molecule has 2 aromatic heterocycles. The third-order valence-corrected chi connectivity index (χ3v) is 6.15. The van der Waals surface area contributed by atoms with Crippen LogP contribution in [0.4, 0.5) is 11.4 Å². The molecule has 1 fully saturated rings. The summed E-state index contributed by atoms with van der Waals surface area (Å²) in [6, 6.07) is 17.2. The number of carbonyl (C=O) groups is 1. The van der Waals surface area contributed by atoms with Crippen molar-refractivity contribution in [2.45, 2.75) is 6.92 Å². The molecule has 0 spiro atoms. The fourth-order valence-electron chi connectivity index (χ4n) is 4.29. The number of para-hydroxylation sites is 1. The fraction of sp³-hybridized carbons (Fsp3) is 0.240. The van der Waals surface area contributed by atoms with E-state index in [-0.39, 0.29) is 5.91 Å². The Labute approximate surface area is 196 Å². The smallest absolute Gasteiger partial charge is 0.256 e. The van der Waals surface area contributed by atoms with Crippen LogP contribution in [0.2, 0.25) is 5.02 Å². The number of ether oxygens (including phenoxy) is 1. The van der Waals surface area contributed by atoms with Crippen LogP contribution in [0.15, 0.2) is 54.6 Å². The van der Waals surface area contributed by atoms with Crippen LogP contribution >= 0.6 is 11.6 Å². The van der Waals surface area contributed by atoms with E-state index in [1.54, 1.807) is 4.68 Å². The van der Waals surface area contributed by atoms with Crippen LogP contribution in [-0.2, 0) is 11.8 Å². The lowest BCUT2D eigenvalue weighted by atomic mass is 10.0. The first-order chi connectivity index (χ1) is 16.0. The minimum Gasteiger partial charge on any atom is -0.378 e. The third-order valence-electron chi connectivity index (χ3n) is 5.85. The molecule has 8 heteroatoms. The zero-order valence-electron chi connectivity index (χ0n) is 18.5. The Morgan fingerprint density at radius 3 is 2.61 bits per heavy atom. The van der Waals surface area contributed by atoms with E-state index in [0.717, 1.165) is 28.0 Å². The second kappa shape index (κ2) is 8.84. The highest BCUT2D eigenvalue weighted by Gasteiger charge is 2.23. The zero-order valence-corrected chi connectivity index (χ0v) is 19.3. The summed E-state index contributed by atoms with van der Waals surface area (Å²) in [5, 5.41) is 8.95. The first-order valence-corrected chi connectivity index (χ1v) is 11.2. The van der Waals surface area contributed by atoms with Crippen LogP contribution in [0.3, 0.4) is 0 Å². The summed E-state index contributed by atoms with van der Waals surface area (Å²) in [4.78, 5) is 20.6. The average Bonchev–Trinajstić information content (AvgIpc) is 3.13. The van der Waals surface area contributed by atoms with Crippen LogP contribution in [-0.4, -0.2) is 47.0 Å². The van der Waals surface area contributed by atoms with Gasteiger partial charge in [0.1, 0.15) is 0 Å². The number of rotatable bonds is 4. The number of aromatic nitrogens is 3. The van der Waals surface area contributed by atoms with Gasteiger partial charge in [-0.25, -0.2) is 4.98 Å². The SMILES string of the molecule is Cc1nn(C)c2nc(-c3ccccc3)cc(C(=O)Nc3cccc(Cl)c3N3CCOCC3)c12. The minimum absolute atomic E-state index is 0.229. The molecule has 1 aliphatic rings. The highest BCUT2D eigenvalue weighted by atomic mass is 35.5. The van der Waals surface area contributed by atoms with Crippen molar-refractivity contribution in [2.75, 3.05) is 36.5 Å². The average molecular weight is 462 g/mol. The molecule has 1 N–H and O–H groups in total. The number of hydrogen-bond donors (Lipinski definition) is 1. The summed E-state index contributed by atoms with van der Waals surface area (Å²) >= 11 is 6.56. The Balaban J connectivity index is 1.59. The quantitative estimate of drug-likeness (QED) is 0.477. The van der Waals surface area contributed by atoms with Gasteiger partial charge in [0.25, 0.3) is 5.91 Å². The van der Waals surface area contributed by atoms with Crippen molar-refractivity contribution in [3.8, 4) is 11.3 Å². The van der Waals surface area contributed by atoms with Gasteiger partial charge in [0.05, 0.1) is 51.9 Å². The van der Waals surface area contributed by atoms with Gasteiger partial charge in [-0.15, -0.1) is 0 Å². The summed E-state index contributed by atoms with van der Waals surface area (Å²) in [6.45, 7) is 4.57. The van der Waals surface area contributed by atoms with E-state index in [4.69, 9.17) is 21.3 Å². The molecule has 0 aliphatic carbocycles. The third kappa shape index (κ3) is 4.05. The van der Waals surface area contributed by atoms with E-state index >= 15 is 0 Å². The van der Waals surface area contributed by atoms with Gasteiger partial charge in [0, 0.05) is 25.7 Å². The molecular formula is C25H24ClN5O2. The van der Waals surface area contributed by atoms with Gasteiger partial charge in [0.2, 0.25) is 0 Å². The molecule has 2 aromatic carbocycles. The van der Waals surface area contributed by atoms with E-state index in [1.807, 2.05) is 68.6 Å². The molecule has 0 radical (unpaired) electrons. The summed E-state index contributed by atoms with van der Waals surface area (Å²) in [6.07, 6.45) is 0. The molecule has 1 saturated heterocycles. The number of morpholine rings is 1. The molecule has 1 amide bonds. The van der Waals surface area contributed by atoms with Crippen LogP contribution in [0.25, 0.3) is 22.3 Å². The molecule has 168 valence electrons. The monoisotopic (exact) mass is 461 g/mol. The molecule has 33 heavy (non-hydrogen) atoms. The van der Waals surface area contributed by atoms with Crippen molar-refractivity contribution in [3.05, 3.63) is 70.9 Å². The van der Waals surface area contributed by atoms with E-state index in [2.05, 4.69) is 15.3 Å². The largest absolute Gasteiger partial charge is 0.378 e. The Hall–Kier alpha value is -3.42. The maximum atomic E-state index is 13.7. The lowest BCUT2D eigenvalue weighted by Gasteiger charge is -2.31. The number of benzene rings is 2. The maximum absolute atomic E-state index is 13.7. The predicted molar refractivity (Wildman–Crippen MR) is 131 cm³/mol. The van der Waals surface area contributed by atoms with Gasteiger partial charge in [-0.3, -0.25) is 9.48 Å². The van der Waals surface area contributed by atoms with Crippen molar-refractivity contribution >= 4 is 39.9 Å². The summed E-state index contributed by atoms with van der Waals surface area (Å²) in [7, 11) is 1.84. The Morgan fingerprint density at radius 2 is 1.85 bits per heavy atom. The fourth-order valence-corrected chi connectivity index (χ4v) is 4.59. The molecule has 7 nitrogen and oxygen atoms in total. The van der Waals surface area contributed by atoms with Gasteiger partial charge >= 0.3 is 0 Å². The van der Waals surface area contributed by atoms with Gasteiger partial charge < -0.3 is 15.0 Å². The van der Waals surface area contributed by atoms with Crippen molar-refractivity contribution < 1.29 is 9.53 Å². The molecular weight excluding hydrogens is 438 g/mol. The highest BCUT2D eigenvalue weighted by molar-refractivity contribution is 6.34. The van der Waals surface area contributed by atoms with Gasteiger partial charge in [-0.1, -0.05) is 48.0 Å². The number of nitrogens with zero attached hydrogens (tertiary/aromatic N) is 4. The molecule has 0 saturated carbocycles. The highest BCUT2D eigenvalue weighted by Crippen LogP contribution is 2.35. The predicted octanol–water partition coefficient (Wildman–Crippen LogP) is 4.69. The molecule has 1 aliphatic heterocycles. The zero-order chi connectivity index (χ0) is 22.9. The second-order valence-electron chi connectivity index (χ2n) is 8.02. The summed E-state index contributed by atoms with van der Waals surface area (Å²) in [5.74, 6) is -0.229. The van der Waals surface area contributed by atoms with Crippen molar-refractivity contribution in [1.29, 1.82) is 0 Å². The molecule has 0 bridgehead atoms. The van der Waals surface area contributed by atoms with Crippen LogP contribution in [0, 0.1) is 6.92 Å². The number of anilines is 2. The van der Waals surface area contributed by atoms with Crippen LogP contribution in [0.1, 0.15) is 16.1 Å². The number of carbonyl (C=O) groups excluding carboxylic acids is 1. The number of pyridine rings is 1. The van der Waals surface area contributed by atoms with E-state index < -0.39 is 0 Å². The van der Waals surface area contributed by atoms with Crippen molar-refractivity contribution in [1.82, 2.24) is 14.8 Å². The Bertz CT molecular complexity index is 1330. The Morgan fingerprint density at radius 1 is 1.09 bits per heavy atom. The van der Waals surface area contributed by atoms with Gasteiger partial charge in [-0.2, -0.15) is 5.10 Å². The van der Waals surface area contributed by atoms with Gasteiger partial charge in [-0.05, 0) is 25.1 Å².